The number of ether oxygens (including phenoxy) is 1. The maximum Gasteiger partial charge on any atom is 0.118 e. The van der Waals surface area contributed by atoms with Crippen LogP contribution in [0.3, 0.4) is 0 Å². The van der Waals surface area contributed by atoms with Crippen molar-refractivity contribution in [2.24, 2.45) is 5.92 Å². The molecule has 1 aromatic carbocycles. The second kappa shape index (κ2) is 4.69. The molecule has 0 unspecified atom stereocenters. The Morgan fingerprint density at radius 3 is 2.65 bits per heavy atom. The summed E-state index contributed by atoms with van der Waals surface area (Å²) in [4.78, 5) is 0. The molecule has 0 radical (unpaired) electrons. The van der Waals surface area contributed by atoms with Crippen LogP contribution in [0.2, 0.25) is 0 Å². The zero-order valence-electron chi connectivity index (χ0n) is 10.5. The number of hydrogen-bond acceptors (Lipinski definition) is 2. The normalized spacial score (nSPS) is 32.2. The Morgan fingerprint density at radius 1 is 1.12 bits per heavy atom. The van der Waals surface area contributed by atoms with E-state index in [4.69, 9.17) is 4.74 Å². The summed E-state index contributed by atoms with van der Waals surface area (Å²) in [5, 5.41) is 3.70. The summed E-state index contributed by atoms with van der Waals surface area (Å²) in [6, 6.07) is 9.43. The van der Waals surface area contributed by atoms with Crippen LogP contribution in [0.15, 0.2) is 24.3 Å². The lowest BCUT2D eigenvalue weighted by Gasteiger charge is -2.28. The van der Waals surface area contributed by atoms with Gasteiger partial charge in [-0.2, -0.15) is 0 Å². The molecular formula is C15H21NO. The van der Waals surface area contributed by atoms with Crippen LogP contribution in [-0.2, 0) is 0 Å². The number of benzene rings is 1. The highest BCUT2D eigenvalue weighted by Crippen LogP contribution is 2.40. The molecule has 3 rings (SSSR count). The van der Waals surface area contributed by atoms with Crippen LogP contribution in [0.25, 0.3) is 0 Å². The van der Waals surface area contributed by atoms with E-state index in [0.717, 1.165) is 24.3 Å². The molecule has 1 aliphatic heterocycles. The van der Waals surface area contributed by atoms with E-state index in [0.29, 0.717) is 5.92 Å². The summed E-state index contributed by atoms with van der Waals surface area (Å²) in [5.74, 6) is 2.53. The van der Waals surface area contributed by atoms with Crippen LogP contribution >= 0.6 is 0 Å². The van der Waals surface area contributed by atoms with Gasteiger partial charge in [0.05, 0.1) is 7.11 Å². The lowest BCUT2D eigenvalue weighted by atomic mass is 9.77. The second-order valence-corrected chi connectivity index (χ2v) is 5.34. The number of nitrogens with one attached hydrogen (secondary N) is 1. The third-order valence-corrected chi connectivity index (χ3v) is 4.48. The van der Waals surface area contributed by atoms with Crippen LogP contribution in [0.4, 0.5) is 0 Å². The van der Waals surface area contributed by atoms with Gasteiger partial charge in [0.15, 0.2) is 0 Å². The average Bonchev–Trinajstić information content (AvgIpc) is 2.83. The van der Waals surface area contributed by atoms with E-state index < -0.39 is 0 Å². The van der Waals surface area contributed by atoms with Crippen molar-refractivity contribution < 1.29 is 4.74 Å². The molecule has 2 fully saturated rings. The van der Waals surface area contributed by atoms with Gasteiger partial charge < -0.3 is 10.1 Å². The van der Waals surface area contributed by atoms with Crippen molar-refractivity contribution in [2.45, 2.75) is 37.6 Å². The fourth-order valence-corrected chi connectivity index (χ4v) is 3.54. The Labute approximate surface area is 103 Å². The number of hydrogen-bond donors (Lipinski definition) is 1. The zero-order chi connectivity index (χ0) is 11.7. The molecule has 1 aromatic rings. The highest BCUT2D eigenvalue weighted by molar-refractivity contribution is 5.31. The molecule has 1 aliphatic carbocycles. The first kappa shape index (κ1) is 11.1. The Hall–Kier alpha value is -1.02. The number of rotatable bonds is 2. The first-order chi connectivity index (χ1) is 8.38. The summed E-state index contributed by atoms with van der Waals surface area (Å²) in [6.45, 7) is 1.15. The van der Waals surface area contributed by atoms with Crippen molar-refractivity contribution in [3.8, 4) is 5.75 Å². The van der Waals surface area contributed by atoms with Crippen molar-refractivity contribution in [1.29, 1.82) is 0 Å². The van der Waals surface area contributed by atoms with Gasteiger partial charge in [-0.3, -0.25) is 0 Å². The molecule has 0 aromatic heterocycles. The minimum atomic E-state index is 0.714. The van der Waals surface area contributed by atoms with Crippen LogP contribution in [-0.4, -0.2) is 19.7 Å². The summed E-state index contributed by atoms with van der Waals surface area (Å²) >= 11 is 0. The SMILES string of the molecule is COc1ccc([C@@H]2CN[C@@H]3CCCC[C@H]32)cc1. The van der Waals surface area contributed by atoms with Crippen molar-refractivity contribution in [3.63, 3.8) is 0 Å². The Morgan fingerprint density at radius 2 is 1.88 bits per heavy atom. The smallest absolute Gasteiger partial charge is 0.118 e. The van der Waals surface area contributed by atoms with Crippen LogP contribution in [0.1, 0.15) is 37.2 Å². The van der Waals surface area contributed by atoms with Crippen molar-refractivity contribution in [2.75, 3.05) is 13.7 Å². The van der Waals surface area contributed by atoms with E-state index in [9.17, 15) is 0 Å². The zero-order valence-corrected chi connectivity index (χ0v) is 10.5. The lowest BCUT2D eigenvalue weighted by Crippen LogP contribution is -2.29. The van der Waals surface area contributed by atoms with Gasteiger partial charge in [0.25, 0.3) is 0 Å². The molecule has 3 atom stereocenters. The minimum Gasteiger partial charge on any atom is -0.497 e. The van der Waals surface area contributed by atoms with Crippen LogP contribution in [0, 0.1) is 5.92 Å². The average molecular weight is 231 g/mol. The molecule has 17 heavy (non-hydrogen) atoms. The Balaban J connectivity index is 1.78. The van der Waals surface area contributed by atoms with E-state index in [-0.39, 0.29) is 0 Å². The number of fused-ring (bicyclic) bond motifs is 1. The summed E-state index contributed by atoms with van der Waals surface area (Å²) in [6.07, 6.45) is 5.59. The van der Waals surface area contributed by atoms with Gasteiger partial charge in [-0.15, -0.1) is 0 Å². The van der Waals surface area contributed by atoms with Gasteiger partial charge >= 0.3 is 0 Å². The highest BCUT2D eigenvalue weighted by atomic mass is 16.5. The van der Waals surface area contributed by atoms with Gasteiger partial charge in [-0.25, -0.2) is 0 Å². The van der Waals surface area contributed by atoms with Crippen molar-refractivity contribution in [1.82, 2.24) is 5.32 Å². The molecule has 92 valence electrons. The van der Waals surface area contributed by atoms with Gasteiger partial charge in [0.1, 0.15) is 5.75 Å². The molecule has 2 aliphatic rings. The highest BCUT2D eigenvalue weighted by Gasteiger charge is 2.37. The summed E-state index contributed by atoms with van der Waals surface area (Å²) < 4.78 is 5.22. The molecule has 0 spiro atoms. The fourth-order valence-electron chi connectivity index (χ4n) is 3.54. The predicted octanol–water partition coefficient (Wildman–Crippen LogP) is 2.94. The first-order valence-electron chi connectivity index (χ1n) is 6.76. The molecule has 1 saturated carbocycles. The van der Waals surface area contributed by atoms with Gasteiger partial charge in [0.2, 0.25) is 0 Å². The maximum absolute atomic E-state index is 5.22. The van der Waals surface area contributed by atoms with Gasteiger partial charge in [0, 0.05) is 18.5 Å². The molecule has 1 saturated heterocycles. The Kier molecular flexibility index (Phi) is 3.06. The van der Waals surface area contributed by atoms with E-state index in [1.54, 1.807) is 7.11 Å². The summed E-state index contributed by atoms with van der Waals surface area (Å²) in [7, 11) is 1.73. The lowest BCUT2D eigenvalue weighted by molar-refractivity contribution is 0.308. The minimum absolute atomic E-state index is 0.714. The van der Waals surface area contributed by atoms with Crippen LogP contribution < -0.4 is 10.1 Å². The molecular weight excluding hydrogens is 210 g/mol. The molecule has 0 bridgehead atoms. The maximum atomic E-state index is 5.22. The van der Waals surface area contributed by atoms with E-state index in [2.05, 4.69) is 29.6 Å². The molecule has 2 heteroatoms. The predicted molar refractivity (Wildman–Crippen MR) is 69.5 cm³/mol. The van der Waals surface area contributed by atoms with Crippen LogP contribution in [0.5, 0.6) is 5.75 Å². The standard InChI is InChI=1S/C15H21NO/c1-17-12-8-6-11(7-9-12)14-10-16-15-5-3-2-4-13(14)15/h6-9,13-16H,2-5,10H2,1H3/t13-,14-,15+/m0/s1. The quantitative estimate of drug-likeness (QED) is 0.845. The second-order valence-electron chi connectivity index (χ2n) is 5.34. The van der Waals surface area contributed by atoms with E-state index >= 15 is 0 Å². The molecule has 2 nitrogen and oxygen atoms in total. The van der Waals surface area contributed by atoms with Gasteiger partial charge in [-0.05, 0) is 36.5 Å². The third kappa shape index (κ3) is 2.06. The fraction of sp³-hybridized carbons (Fsp3) is 0.600. The van der Waals surface area contributed by atoms with Crippen molar-refractivity contribution in [3.05, 3.63) is 29.8 Å². The molecule has 1 N–H and O–H groups in total. The molecule has 1 heterocycles. The van der Waals surface area contributed by atoms with Gasteiger partial charge in [-0.1, -0.05) is 25.0 Å². The largest absolute Gasteiger partial charge is 0.497 e. The Bertz CT molecular complexity index is 373. The topological polar surface area (TPSA) is 21.3 Å². The third-order valence-electron chi connectivity index (χ3n) is 4.48. The molecule has 0 amide bonds. The van der Waals surface area contributed by atoms with Crippen molar-refractivity contribution >= 4 is 0 Å². The van der Waals surface area contributed by atoms with E-state index in [1.165, 1.54) is 31.2 Å². The number of methoxy groups -OCH3 is 1. The van der Waals surface area contributed by atoms with E-state index in [1.807, 2.05) is 0 Å². The summed E-state index contributed by atoms with van der Waals surface area (Å²) in [5.41, 5.74) is 1.48. The first-order valence-corrected chi connectivity index (χ1v) is 6.76. The monoisotopic (exact) mass is 231 g/mol.